The van der Waals surface area contributed by atoms with E-state index in [1.165, 1.54) is 0 Å². The highest BCUT2D eigenvalue weighted by Gasteiger charge is 2.18. The van der Waals surface area contributed by atoms with Crippen molar-refractivity contribution in [3.8, 4) is 11.5 Å². The van der Waals surface area contributed by atoms with Gasteiger partial charge in [-0.1, -0.05) is 0 Å². The van der Waals surface area contributed by atoms with Gasteiger partial charge in [0.25, 0.3) is 5.91 Å². The molecule has 1 unspecified atom stereocenters. The number of ether oxygens (including phenoxy) is 3. The predicted molar refractivity (Wildman–Crippen MR) is 74.2 cm³/mol. The van der Waals surface area contributed by atoms with Crippen LogP contribution < -0.4 is 15.2 Å². The monoisotopic (exact) mass is 280 g/mol. The molecule has 1 aromatic rings. The van der Waals surface area contributed by atoms with Crippen LogP contribution >= 0.6 is 0 Å². The number of benzene rings is 1. The molecule has 1 atom stereocenters. The fourth-order valence-corrected chi connectivity index (χ4v) is 2.10. The summed E-state index contributed by atoms with van der Waals surface area (Å²) < 4.78 is 15.9. The number of likely N-dealkylation sites (N-methyl/N-ethyl adjacent to an activating group) is 1. The Bertz CT molecular complexity index is 478. The van der Waals surface area contributed by atoms with Gasteiger partial charge in [-0.15, -0.1) is 0 Å². The number of carbonyl (C=O) groups excluding carboxylic acids is 1. The maximum atomic E-state index is 12.3. The van der Waals surface area contributed by atoms with E-state index in [9.17, 15) is 4.79 Å². The molecule has 0 aliphatic carbocycles. The molecule has 2 N–H and O–H groups in total. The molecular weight excluding hydrogens is 260 g/mol. The Kier molecular flexibility index (Phi) is 4.81. The highest BCUT2D eigenvalue weighted by atomic mass is 16.6. The molecule has 0 radical (unpaired) electrons. The second-order valence-electron chi connectivity index (χ2n) is 4.76. The lowest BCUT2D eigenvalue weighted by Crippen LogP contribution is -2.41. The fourth-order valence-electron chi connectivity index (χ4n) is 2.10. The first-order chi connectivity index (χ1) is 9.61. The summed E-state index contributed by atoms with van der Waals surface area (Å²) in [5.41, 5.74) is 6.41. The third kappa shape index (κ3) is 3.40. The van der Waals surface area contributed by atoms with Crippen LogP contribution in [0.4, 0.5) is 0 Å². The lowest BCUT2D eigenvalue weighted by atomic mass is 10.1. The quantitative estimate of drug-likeness (QED) is 0.850. The van der Waals surface area contributed by atoms with Gasteiger partial charge in [0, 0.05) is 32.3 Å². The molecule has 1 amide bonds. The molecular formula is C14H20N2O4. The SMILES string of the molecule is COCC(N)CN(C)C(=O)c1ccc2c(c1)OCCO2. The average Bonchev–Trinajstić information content (AvgIpc) is 2.46. The molecule has 1 aliphatic heterocycles. The molecule has 2 rings (SSSR count). The molecule has 1 heterocycles. The first-order valence-electron chi connectivity index (χ1n) is 6.51. The van der Waals surface area contributed by atoms with E-state index >= 15 is 0 Å². The maximum absolute atomic E-state index is 12.3. The minimum Gasteiger partial charge on any atom is -0.486 e. The Morgan fingerprint density at radius 1 is 1.40 bits per heavy atom. The number of amides is 1. The average molecular weight is 280 g/mol. The highest BCUT2D eigenvalue weighted by Crippen LogP contribution is 2.30. The van der Waals surface area contributed by atoms with Gasteiger partial charge in [-0.25, -0.2) is 0 Å². The zero-order valence-corrected chi connectivity index (χ0v) is 11.8. The summed E-state index contributed by atoms with van der Waals surface area (Å²) >= 11 is 0. The van der Waals surface area contributed by atoms with Gasteiger partial charge in [0.15, 0.2) is 11.5 Å². The summed E-state index contributed by atoms with van der Waals surface area (Å²) in [6.07, 6.45) is 0. The lowest BCUT2D eigenvalue weighted by molar-refractivity contribution is 0.0763. The van der Waals surface area contributed by atoms with Gasteiger partial charge in [-0.05, 0) is 18.2 Å². The normalized spacial score (nSPS) is 14.8. The lowest BCUT2D eigenvalue weighted by Gasteiger charge is -2.23. The van der Waals surface area contributed by atoms with Crippen molar-refractivity contribution in [2.75, 3.05) is 40.5 Å². The van der Waals surface area contributed by atoms with E-state index in [0.29, 0.717) is 43.4 Å². The van der Waals surface area contributed by atoms with Crippen LogP contribution in [-0.4, -0.2) is 57.4 Å². The molecule has 0 saturated carbocycles. The summed E-state index contributed by atoms with van der Waals surface area (Å²) in [4.78, 5) is 13.9. The largest absolute Gasteiger partial charge is 0.486 e. The number of nitrogens with two attached hydrogens (primary N) is 1. The number of fused-ring (bicyclic) bond motifs is 1. The zero-order chi connectivity index (χ0) is 14.5. The van der Waals surface area contributed by atoms with Crippen molar-refractivity contribution in [1.29, 1.82) is 0 Å². The summed E-state index contributed by atoms with van der Waals surface area (Å²) in [7, 11) is 3.30. The van der Waals surface area contributed by atoms with Crippen molar-refractivity contribution >= 4 is 5.91 Å². The molecule has 20 heavy (non-hydrogen) atoms. The third-order valence-electron chi connectivity index (χ3n) is 3.02. The molecule has 0 aromatic heterocycles. The highest BCUT2D eigenvalue weighted by molar-refractivity contribution is 5.94. The number of nitrogens with zero attached hydrogens (tertiary/aromatic N) is 1. The number of hydrogen-bond donors (Lipinski definition) is 1. The van der Waals surface area contributed by atoms with Crippen molar-refractivity contribution < 1.29 is 19.0 Å². The van der Waals surface area contributed by atoms with Crippen LogP contribution in [0.25, 0.3) is 0 Å². The Hall–Kier alpha value is -1.79. The Labute approximate surface area is 118 Å². The van der Waals surface area contributed by atoms with Crippen LogP contribution in [0.1, 0.15) is 10.4 Å². The molecule has 0 fully saturated rings. The van der Waals surface area contributed by atoms with Crippen molar-refractivity contribution in [1.82, 2.24) is 4.90 Å². The van der Waals surface area contributed by atoms with Gasteiger partial charge in [-0.3, -0.25) is 4.79 Å². The van der Waals surface area contributed by atoms with Crippen molar-refractivity contribution in [2.24, 2.45) is 5.73 Å². The molecule has 6 nitrogen and oxygen atoms in total. The van der Waals surface area contributed by atoms with Gasteiger partial charge in [-0.2, -0.15) is 0 Å². The molecule has 1 aromatic carbocycles. The van der Waals surface area contributed by atoms with Crippen LogP contribution in [0.15, 0.2) is 18.2 Å². The summed E-state index contributed by atoms with van der Waals surface area (Å²) in [5, 5.41) is 0. The number of carbonyl (C=O) groups is 1. The summed E-state index contributed by atoms with van der Waals surface area (Å²) in [6.45, 7) is 1.88. The Balaban J connectivity index is 2.05. The zero-order valence-electron chi connectivity index (χ0n) is 11.8. The van der Waals surface area contributed by atoms with E-state index in [-0.39, 0.29) is 11.9 Å². The van der Waals surface area contributed by atoms with Gasteiger partial charge >= 0.3 is 0 Å². The number of rotatable bonds is 5. The Morgan fingerprint density at radius 3 is 2.80 bits per heavy atom. The minimum atomic E-state index is -0.203. The molecule has 1 aliphatic rings. The fraction of sp³-hybridized carbons (Fsp3) is 0.500. The first kappa shape index (κ1) is 14.6. The van der Waals surface area contributed by atoms with E-state index in [0.717, 1.165) is 0 Å². The van der Waals surface area contributed by atoms with Crippen molar-refractivity contribution in [2.45, 2.75) is 6.04 Å². The van der Waals surface area contributed by atoms with Crippen molar-refractivity contribution in [3.63, 3.8) is 0 Å². The van der Waals surface area contributed by atoms with E-state index in [2.05, 4.69) is 0 Å². The van der Waals surface area contributed by atoms with Crippen LogP contribution in [0.2, 0.25) is 0 Å². The van der Waals surface area contributed by atoms with Gasteiger partial charge in [0.2, 0.25) is 0 Å². The Morgan fingerprint density at radius 2 is 2.10 bits per heavy atom. The topological polar surface area (TPSA) is 74.0 Å². The maximum Gasteiger partial charge on any atom is 0.253 e. The predicted octanol–water partition coefficient (Wildman–Crippen LogP) is 0.503. The minimum absolute atomic E-state index is 0.103. The second-order valence-corrected chi connectivity index (χ2v) is 4.76. The van der Waals surface area contributed by atoms with Crippen molar-refractivity contribution in [3.05, 3.63) is 23.8 Å². The summed E-state index contributed by atoms with van der Waals surface area (Å²) in [6, 6.07) is 4.99. The second kappa shape index (κ2) is 6.58. The summed E-state index contributed by atoms with van der Waals surface area (Å²) in [5.74, 6) is 1.18. The van der Waals surface area contributed by atoms with E-state index < -0.39 is 0 Å². The standard InChI is InChI=1S/C14H20N2O4/c1-16(8-11(15)9-18-2)14(17)10-3-4-12-13(7-10)20-6-5-19-12/h3-4,7,11H,5-6,8-9,15H2,1-2H3. The molecule has 0 saturated heterocycles. The van der Waals surface area contributed by atoms with Crippen LogP contribution in [-0.2, 0) is 4.74 Å². The smallest absolute Gasteiger partial charge is 0.253 e. The van der Waals surface area contributed by atoms with E-state index in [1.54, 1.807) is 37.3 Å². The first-order valence-corrected chi connectivity index (χ1v) is 6.51. The number of hydrogen-bond acceptors (Lipinski definition) is 5. The molecule has 0 spiro atoms. The van der Waals surface area contributed by atoms with E-state index in [4.69, 9.17) is 19.9 Å². The van der Waals surface area contributed by atoms with Gasteiger partial charge < -0.3 is 24.8 Å². The van der Waals surface area contributed by atoms with Gasteiger partial charge in [0.05, 0.1) is 6.61 Å². The van der Waals surface area contributed by atoms with Crippen LogP contribution in [0, 0.1) is 0 Å². The van der Waals surface area contributed by atoms with E-state index in [1.807, 2.05) is 0 Å². The van der Waals surface area contributed by atoms with Crippen LogP contribution in [0.5, 0.6) is 11.5 Å². The molecule has 110 valence electrons. The van der Waals surface area contributed by atoms with Crippen LogP contribution in [0.3, 0.4) is 0 Å². The van der Waals surface area contributed by atoms with Gasteiger partial charge in [0.1, 0.15) is 13.2 Å². The molecule has 0 bridgehead atoms. The third-order valence-corrected chi connectivity index (χ3v) is 3.02. The number of methoxy groups -OCH3 is 1. The molecule has 6 heteroatoms.